The minimum absolute atomic E-state index is 0.250. The summed E-state index contributed by atoms with van der Waals surface area (Å²) in [4.78, 5) is 16.3. The van der Waals surface area contributed by atoms with E-state index in [-0.39, 0.29) is 5.91 Å². The molecule has 1 amide bonds. The summed E-state index contributed by atoms with van der Waals surface area (Å²) in [5.41, 5.74) is 1.88. The lowest BCUT2D eigenvalue weighted by molar-refractivity contribution is -0.115. The fourth-order valence-electron chi connectivity index (χ4n) is 1.95. The third kappa shape index (κ3) is 2.99. The van der Waals surface area contributed by atoms with E-state index in [4.69, 9.17) is 23.2 Å². The second kappa shape index (κ2) is 5.72. The van der Waals surface area contributed by atoms with Crippen LogP contribution in [0.5, 0.6) is 0 Å². The Morgan fingerprint density at radius 2 is 1.71 bits per heavy atom. The maximum Gasteiger partial charge on any atom is 0.275 e. The number of amides is 1. The summed E-state index contributed by atoms with van der Waals surface area (Å²) in [6.45, 7) is 0. The lowest BCUT2D eigenvalue weighted by Crippen LogP contribution is -2.24. The number of benzene rings is 2. The van der Waals surface area contributed by atoms with E-state index < -0.39 is 0 Å². The first-order chi connectivity index (χ1) is 10.1. The number of nitrogens with one attached hydrogen (secondary N) is 1. The van der Waals surface area contributed by atoms with Crippen molar-refractivity contribution in [3.63, 3.8) is 0 Å². The van der Waals surface area contributed by atoms with E-state index in [1.54, 1.807) is 36.4 Å². The van der Waals surface area contributed by atoms with Gasteiger partial charge in [0.1, 0.15) is 11.5 Å². The van der Waals surface area contributed by atoms with Crippen molar-refractivity contribution in [1.82, 2.24) is 5.32 Å². The molecule has 0 fully saturated rings. The van der Waals surface area contributed by atoms with E-state index in [1.165, 1.54) is 0 Å². The molecule has 1 aliphatic rings. The van der Waals surface area contributed by atoms with Crippen LogP contribution in [0.25, 0.3) is 6.08 Å². The van der Waals surface area contributed by atoms with Crippen molar-refractivity contribution in [2.75, 3.05) is 0 Å². The van der Waals surface area contributed by atoms with Crippen molar-refractivity contribution >= 4 is 41.0 Å². The second-order valence-corrected chi connectivity index (χ2v) is 5.32. The molecule has 1 aliphatic heterocycles. The van der Waals surface area contributed by atoms with Gasteiger partial charge in [0, 0.05) is 15.6 Å². The van der Waals surface area contributed by atoms with Crippen LogP contribution in [0.15, 0.2) is 59.2 Å². The van der Waals surface area contributed by atoms with Crippen LogP contribution in [0, 0.1) is 0 Å². The lowest BCUT2D eigenvalue weighted by Gasteiger charge is -1.99. The van der Waals surface area contributed by atoms with Crippen LogP contribution < -0.4 is 5.32 Å². The molecule has 0 radical (unpaired) electrons. The van der Waals surface area contributed by atoms with Gasteiger partial charge in [-0.25, -0.2) is 4.99 Å². The molecule has 21 heavy (non-hydrogen) atoms. The van der Waals surface area contributed by atoms with Gasteiger partial charge in [-0.3, -0.25) is 4.79 Å². The van der Waals surface area contributed by atoms with Crippen LogP contribution in [0.2, 0.25) is 10.0 Å². The molecule has 2 aromatic carbocycles. The predicted molar refractivity (Wildman–Crippen MR) is 85.6 cm³/mol. The number of carbonyl (C=O) groups is 1. The average Bonchev–Trinajstić information content (AvgIpc) is 2.83. The molecule has 0 aromatic heterocycles. The normalized spacial score (nSPS) is 16.0. The highest BCUT2D eigenvalue weighted by molar-refractivity contribution is 6.32. The van der Waals surface area contributed by atoms with Gasteiger partial charge in [-0.05, 0) is 42.0 Å². The molecule has 3 rings (SSSR count). The zero-order valence-electron chi connectivity index (χ0n) is 10.8. The Morgan fingerprint density at radius 1 is 1.00 bits per heavy atom. The third-order valence-corrected chi connectivity index (χ3v) is 3.61. The quantitative estimate of drug-likeness (QED) is 0.838. The van der Waals surface area contributed by atoms with Crippen molar-refractivity contribution in [1.29, 1.82) is 0 Å². The van der Waals surface area contributed by atoms with E-state index in [2.05, 4.69) is 10.3 Å². The summed E-state index contributed by atoms with van der Waals surface area (Å²) in [7, 11) is 0. The summed E-state index contributed by atoms with van der Waals surface area (Å²) in [5, 5.41) is 3.95. The molecule has 0 aliphatic carbocycles. The molecule has 0 saturated carbocycles. The highest BCUT2D eigenvalue weighted by atomic mass is 35.5. The monoisotopic (exact) mass is 316 g/mol. The van der Waals surface area contributed by atoms with Crippen molar-refractivity contribution in [3.8, 4) is 0 Å². The Kier molecular flexibility index (Phi) is 3.78. The van der Waals surface area contributed by atoms with Crippen LogP contribution in [0.1, 0.15) is 11.1 Å². The first-order valence-electron chi connectivity index (χ1n) is 6.26. The molecule has 1 N–H and O–H groups in total. The van der Waals surface area contributed by atoms with Crippen LogP contribution in [0.3, 0.4) is 0 Å². The van der Waals surface area contributed by atoms with Crippen molar-refractivity contribution < 1.29 is 4.79 Å². The van der Waals surface area contributed by atoms with Gasteiger partial charge in [-0.15, -0.1) is 0 Å². The smallest absolute Gasteiger partial charge is 0.275 e. The minimum Gasteiger partial charge on any atom is -0.305 e. The van der Waals surface area contributed by atoms with Crippen LogP contribution in [-0.2, 0) is 4.79 Å². The largest absolute Gasteiger partial charge is 0.305 e. The van der Waals surface area contributed by atoms with E-state index in [1.807, 2.05) is 18.2 Å². The molecular weight excluding hydrogens is 307 g/mol. The van der Waals surface area contributed by atoms with Crippen LogP contribution in [0.4, 0.5) is 0 Å². The van der Waals surface area contributed by atoms with Gasteiger partial charge in [-0.1, -0.05) is 41.4 Å². The second-order valence-electron chi connectivity index (χ2n) is 4.47. The predicted octanol–water partition coefficient (Wildman–Crippen LogP) is 3.91. The summed E-state index contributed by atoms with van der Waals surface area (Å²) in [5.74, 6) is 0.259. The van der Waals surface area contributed by atoms with Crippen LogP contribution >= 0.6 is 23.2 Å². The highest BCUT2D eigenvalue weighted by Crippen LogP contribution is 2.21. The SMILES string of the molecule is O=C1NC(c2ccc(Cl)cc2)=N/C1=C\c1ccccc1Cl. The summed E-state index contributed by atoms with van der Waals surface area (Å²) in [6, 6.07) is 14.4. The van der Waals surface area contributed by atoms with E-state index in [0.717, 1.165) is 11.1 Å². The fourth-order valence-corrected chi connectivity index (χ4v) is 2.27. The summed E-state index contributed by atoms with van der Waals surface area (Å²) >= 11 is 11.9. The summed E-state index contributed by atoms with van der Waals surface area (Å²) in [6.07, 6.45) is 1.67. The number of amidine groups is 1. The number of hydrogen-bond donors (Lipinski definition) is 1. The van der Waals surface area contributed by atoms with Gasteiger partial charge >= 0.3 is 0 Å². The molecule has 0 saturated heterocycles. The van der Waals surface area contributed by atoms with Crippen molar-refractivity contribution in [2.45, 2.75) is 0 Å². The van der Waals surface area contributed by atoms with Crippen molar-refractivity contribution in [3.05, 3.63) is 75.4 Å². The minimum atomic E-state index is -0.250. The molecule has 1 heterocycles. The Hall–Kier alpha value is -2.10. The standard InChI is InChI=1S/C16H10Cl2N2O/c17-12-7-5-10(6-8-12)15-19-14(16(21)20-15)9-11-3-1-2-4-13(11)18/h1-9H,(H,19,20,21)/b14-9-. The third-order valence-electron chi connectivity index (χ3n) is 3.01. The number of halogens is 2. The van der Waals surface area contributed by atoms with E-state index in [9.17, 15) is 4.79 Å². The summed E-state index contributed by atoms with van der Waals surface area (Å²) < 4.78 is 0. The zero-order valence-corrected chi connectivity index (χ0v) is 12.3. The van der Waals surface area contributed by atoms with Gasteiger partial charge in [0.25, 0.3) is 5.91 Å². The van der Waals surface area contributed by atoms with Gasteiger partial charge in [0.05, 0.1) is 0 Å². The number of carbonyl (C=O) groups excluding carboxylic acids is 1. The van der Waals surface area contributed by atoms with E-state index in [0.29, 0.717) is 21.6 Å². The number of nitrogens with zero attached hydrogens (tertiary/aromatic N) is 1. The van der Waals surface area contributed by atoms with Crippen LogP contribution in [-0.4, -0.2) is 11.7 Å². The molecule has 104 valence electrons. The maximum absolute atomic E-state index is 12.0. The first kappa shape index (κ1) is 13.9. The molecule has 2 aromatic rings. The van der Waals surface area contributed by atoms with Gasteiger partial charge < -0.3 is 5.32 Å². The lowest BCUT2D eigenvalue weighted by atomic mass is 10.2. The van der Waals surface area contributed by atoms with Crippen molar-refractivity contribution in [2.24, 2.45) is 4.99 Å². The van der Waals surface area contributed by atoms with Gasteiger partial charge in [0.15, 0.2) is 0 Å². The Labute approximate surface area is 131 Å². The molecule has 0 bridgehead atoms. The molecule has 0 unspecified atom stereocenters. The topological polar surface area (TPSA) is 41.5 Å². The van der Waals surface area contributed by atoms with Gasteiger partial charge in [0.2, 0.25) is 0 Å². The van der Waals surface area contributed by atoms with E-state index >= 15 is 0 Å². The fraction of sp³-hybridized carbons (Fsp3) is 0. The Bertz CT molecular complexity index is 764. The van der Waals surface area contributed by atoms with Gasteiger partial charge in [-0.2, -0.15) is 0 Å². The zero-order chi connectivity index (χ0) is 14.8. The maximum atomic E-state index is 12.0. The highest BCUT2D eigenvalue weighted by Gasteiger charge is 2.21. The molecule has 5 heteroatoms. The molecule has 0 atom stereocenters. The molecular formula is C16H10Cl2N2O. The Morgan fingerprint density at radius 3 is 2.43 bits per heavy atom. The first-order valence-corrected chi connectivity index (χ1v) is 7.01. The molecule has 3 nitrogen and oxygen atoms in total. The number of aliphatic imine (C=N–C) groups is 1. The number of rotatable bonds is 2. The number of hydrogen-bond acceptors (Lipinski definition) is 2. The Balaban J connectivity index is 1.96. The average molecular weight is 317 g/mol. The molecule has 0 spiro atoms.